The highest BCUT2D eigenvalue weighted by Gasteiger charge is 2.07. The molecule has 5 nitrogen and oxygen atoms in total. The Morgan fingerprint density at radius 1 is 1.00 bits per heavy atom. The number of phenols is 1. The third-order valence-electron chi connectivity index (χ3n) is 3.76. The van der Waals surface area contributed by atoms with Gasteiger partial charge in [-0.15, -0.1) is 0 Å². The average molecular weight is 350 g/mol. The Morgan fingerprint density at radius 2 is 1.73 bits per heavy atom. The molecule has 130 valence electrons. The monoisotopic (exact) mass is 350 g/mol. The second-order valence-corrected chi connectivity index (χ2v) is 5.53. The normalized spacial score (nSPS) is 10.8. The molecule has 3 N–H and O–H groups in total. The zero-order chi connectivity index (χ0) is 18.5. The van der Waals surface area contributed by atoms with Crippen molar-refractivity contribution in [3.8, 4) is 17.0 Å². The Bertz CT molecular complexity index is 969. The van der Waals surface area contributed by atoms with E-state index in [4.69, 9.17) is 5.21 Å². The lowest BCUT2D eigenvalue weighted by Crippen LogP contribution is -2.18. The first kappa shape index (κ1) is 17.3. The summed E-state index contributed by atoms with van der Waals surface area (Å²) in [5.41, 5.74) is 4.37. The number of amides is 1. The van der Waals surface area contributed by atoms with Gasteiger partial charge < -0.3 is 5.11 Å². The molecule has 0 radical (unpaired) electrons. The average Bonchev–Trinajstić information content (AvgIpc) is 2.68. The number of nitrogens with one attached hydrogen (secondary N) is 1. The molecule has 0 aliphatic rings. The first-order chi connectivity index (χ1) is 12.6. The van der Waals surface area contributed by atoms with Crippen molar-refractivity contribution in [3.63, 3.8) is 0 Å². The molecule has 0 aliphatic heterocycles. The maximum absolute atomic E-state index is 13.4. The van der Waals surface area contributed by atoms with E-state index in [2.05, 4.69) is 4.98 Å². The predicted molar refractivity (Wildman–Crippen MR) is 95.9 cm³/mol. The van der Waals surface area contributed by atoms with E-state index in [1.165, 1.54) is 18.2 Å². The number of aromatic hydroxyl groups is 1. The van der Waals surface area contributed by atoms with Crippen molar-refractivity contribution in [3.05, 3.63) is 83.3 Å². The third-order valence-corrected chi connectivity index (χ3v) is 3.76. The zero-order valence-electron chi connectivity index (χ0n) is 13.6. The third kappa shape index (κ3) is 3.93. The van der Waals surface area contributed by atoms with E-state index in [0.29, 0.717) is 16.8 Å². The smallest absolute Gasteiger partial charge is 0.274 e. The van der Waals surface area contributed by atoms with Gasteiger partial charge in [0, 0.05) is 17.3 Å². The van der Waals surface area contributed by atoms with Crippen molar-refractivity contribution in [1.82, 2.24) is 10.5 Å². The molecule has 1 heterocycles. The summed E-state index contributed by atoms with van der Waals surface area (Å²) in [5.74, 6) is -1.07. The molecular weight excluding hydrogens is 335 g/mol. The zero-order valence-corrected chi connectivity index (χ0v) is 13.6. The van der Waals surface area contributed by atoms with Gasteiger partial charge in [-0.05, 0) is 53.6 Å². The maximum atomic E-state index is 13.4. The first-order valence-electron chi connectivity index (χ1n) is 7.74. The number of hydrogen-bond acceptors (Lipinski definition) is 4. The molecular formula is C20H15FN2O3. The number of aromatic nitrogens is 1. The van der Waals surface area contributed by atoms with Gasteiger partial charge in [0.05, 0.1) is 5.69 Å². The van der Waals surface area contributed by atoms with E-state index < -0.39 is 11.7 Å². The lowest BCUT2D eigenvalue weighted by atomic mass is 10.1. The highest BCUT2D eigenvalue weighted by Crippen LogP contribution is 2.28. The van der Waals surface area contributed by atoms with Crippen LogP contribution in [-0.2, 0) is 0 Å². The first-order valence-corrected chi connectivity index (χ1v) is 7.74. The Kier molecular flexibility index (Phi) is 5.05. The van der Waals surface area contributed by atoms with Crippen LogP contribution in [0, 0.1) is 5.82 Å². The summed E-state index contributed by atoms with van der Waals surface area (Å²) < 4.78 is 13.4. The summed E-state index contributed by atoms with van der Waals surface area (Å²) in [7, 11) is 0. The van der Waals surface area contributed by atoms with Crippen LogP contribution in [0.1, 0.15) is 21.5 Å². The van der Waals surface area contributed by atoms with Crippen molar-refractivity contribution in [2.45, 2.75) is 0 Å². The number of hydrogen-bond donors (Lipinski definition) is 3. The molecule has 0 saturated carbocycles. The molecule has 0 aliphatic carbocycles. The van der Waals surface area contributed by atoms with Crippen LogP contribution < -0.4 is 5.48 Å². The molecule has 0 atom stereocenters. The fourth-order valence-electron chi connectivity index (χ4n) is 2.41. The summed E-state index contributed by atoms with van der Waals surface area (Å²) in [6, 6.07) is 13.9. The highest BCUT2D eigenvalue weighted by atomic mass is 19.1. The summed E-state index contributed by atoms with van der Waals surface area (Å²) in [6.07, 6.45) is 5.25. The van der Waals surface area contributed by atoms with Crippen LogP contribution in [-0.4, -0.2) is 21.2 Å². The van der Waals surface area contributed by atoms with E-state index in [0.717, 1.165) is 11.1 Å². The number of nitrogens with zero attached hydrogens (tertiary/aromatic N) is 1. The van der Waals surface area contributed by atoms with Gasteiger partial charge in [-0.2, -0.15) is 0 Å². The number of hydroxylamine groups is 1. The maximum Gasteiger partial charge on any atom is 0.274 e. The second-order valence-electron chi connectivity index (χ2n) is 5.53. The molecule has 6 heteroatoms. The van der Waals surface area contributed by atoms with Crippen molar-refractivity contribution in [2.24, 2.45) is 0 Å². The SMILES string of the molecule is O=C(NO)c1ccc(/C=C/c2ccnc(-c3cc(F)ccc3O)c2)cc1. The van der Waals surface area contributed by atoms with Crippen molar-refractivity contribution in [1.29, 1.82) is 0 Å². The lowest BCUT2D eigenvalue weighted by Gasteiger charge is -2.05. The van der Waals surface area contributed by atoms with E-state index in [9.17, 15) is 14.3 Å². The van der Waals surface area contributed by atoms with Gasteiger partial charge in [0.2, 0.25) is 0 Å². The minimum absolute atomic E-state index is 0.0437. The van der Waals surface area contributed by atoms with Gasteiger partial charge in [0.15, 0.2) is 0 Å². The van der Waals surface area contributed by atoms with Gasteiger partial charge in [0.1, 0.15) is 11.6 Å². The van der Waals surface area contributed by atoms with Gasteiger partial charge in [0.25, 0.3) is 5.91 Å². The molecule has 3 aromatic rings. The summed E-state index contributed by atoms with van der Waals surface area (Å²) in [6.45, 7) is 0. The minimum atomic E-state index is -0.575. The molecule has 0 fully saturated rings. The molecule has 1 amide bonds. The number of carbonyl (C=O) groups is 1. The lowest BCUT2D eigenvalue weighted by molar-refractivity contribution is 0.0706. The van der Waals surface area contributed by atoms with Crippen LogP contribution in [0.3, 0.4) is 0 Å². The Hall–Kier alpha value is -3.51. The molecule has 26 heavy (non-hydrogen) atoms. The van der Waals surface area contributed by atoms with E-state index >= 15 is 0 Å². The number of phenolic OH excluding ortho intramolecular Hbond substituents is 1. The Morgan fingerprint density at radius 3 is 2.46 bits per heavy atom. The number of pyridine rings is 1. The van der Waals surface area contributed by atoms with Crippen LogP contribution in [0.25, 0.3) is 23.4 Å². The number of carbonyl (C=O) groups excluding carboxylic acids is 1. The van der Waals surface area contributed by atoms with Crippen LogP contribution in [0.15, 0.2) is 60.8 Å². The highest BCUT2D eigenvalue weighted by molar-refractivity contribution is 5.93. The summed E-state index contributed by atoms with van der Waals surface area (Å²) in [5, 5.41) is 18.5. The van der Waals surface area contributed by atoms with Crippen LogP contribution in [0.4, 0.5) is 4.39 Å². The molecule has 1 aromatic heterocycles. The predicted octanol–water partition coefficient (Wildman–Crippen LogP) is 3.88. The van der Waals surface area contributed by atoms with Gasteiger partial charge in [-0.25, -0.2) is 9.87 Å². The van der Waals surface area contributed by atoms with Crippen molar-refractivity contribution in [2.75, 3.05) is 0 Å². The quantitative estimate of drug-likeness (QED) is 0.493. The molecule has 3 rings (SSSR count). The number of benzene rings is 2. The summed E-state index contributed by atoms with van der Waals surface area (Å²) >= 11 is 0. The topological polar surface area (TPSA) is 82.5 Å². The largest absolute Gasteiger partial charge is 0.507 e. The van der Waals surface area contributed by atoms with Crippen LogP contribution in [0.2, 0.25) is 0 Å². The standard InChI is InChI=1S/C20H15FN2O3/c21-16-7-8-19(24)17(12-16)18-11-14(9-10-22-18)2-1-13-3-5-15(6-4-13)20(25)23-26/h1-12,24,26H,(H,23,25)/b2-1+. The van der Waals surface area contributed by atoms with E-state index in [1.807, 2.05) is 12.2 Å². The molecule has 0 saturated heterocycles. The van der Waals surface area contributed by atoms with Gasteiger partial charge >= 0.3 is 0 Å². The number of halogens is 1. The fourth-order valence-corrected chi connectivity index (χ4v) is 2.41. The van der Waals surface area contributed by atoms with Gasteiger partial charge in [-0.3, -0.25) is 15.0 Å². The van der Waals surface area contributed by atoms with Gasteiger partial charge in [-0.1, -0.05) is 24.3 Å². The Labute approximate surface area is 149 Å². The number of rotatable bonds is 4. The van der Waals surface area contributed by atoms with E-state index in [1.54, 1.807) is 48.1 Å². The van der Waals surface area contributed by atoms with Crippen molar-refractivity contribution < 1.29 is 19.5 Å². The van der Waals surface area contributed by atoms with Crippen molar-refractivity contribution >= 4 is 18.1 Å². The van der Waals surface area contributed by atoms with Crippen LogP contribution >= 0.6 is 0 Å². The van der Waals surface area contributed by atoms with Crippen LogP contribution in [0.5, 0.6) is 5.75 Å². The Balaban J connectivity index is 1.83. The minimum Gasteiger partial charge on any atom is -0.507 e. The van der Waals surface area contributed by atoms with E-state index in [-0.39, 0.29) is 5.75 Å². The molecule has 0 spiro atoms. The fraction of sp³-hybridized carbons (Fsp3) is 0. The molecule has 2 aromatic carbocycles. The summed E-state index contributed by atoms with van der Waals surface area (Å²) in [4.78, 5) is 15.5. The molecule has 0 unspecified atom stereocenters. The second kappa shape index (κ2) is 7.58. The molecule has 0 bridgehead atoms.